The van der Waals surface area contributed by atoms with E-state index in [1.54, 1.807) is 30.0 Å². The lowest BCUT2D eigenvalue weighted by atomic mass is 10.2. The SMILES string of the molecule is CCOC(=O)C(N)CCSCc1cc(-c2cccs2)on1. The Bertz CT molecular complexity index is 554. The molecular weight excluding hydrogens is 308 g/mol. The average molecular weight is 326 g/mol. The first kappa shape index (κ1) is 16.1. The van der Waals surface area contributed by atoms with Crippen molar-refractivity contribution in [3.63, 3.8) is 0 Å². The zero-order valence-corrected chi connectivity index (χ0v) is 13.4. The van der Waals surface area contributed by atoms with Gasteiger partial charge in [0.15, 0.2) is 5.76 Å². The topological polar surface area (TPSA) is 78.4 Å². The summed E-state index contributed by atoms with van der Waals surface area (Å²) >= 11 is 3.29. The van der Waals surface area contributed by atoms with Crippen LogP contribution in [-0.4, -0.2) is 29.5 Å². The fourth-order valence-corrected chi connectivity index (χ4v) is 3.25. The maximum Gasteiger partial charge on any atom is 0.322 e. The molecule has 2 aromatic rings. The van der Waals surface area contributed by atoms with E-state index in [1.807, 2.05) is 23.6 Å². The molecule has 0 aromatic carbocycles. The van der Waals surface area contributed by atoms with Crippen molar-refractivity contribution in [3.05, 3.63) is 29.3 Å². The largest absolute Gasteiger partial charge is 0.465 e. The predicted octanol–water partition coefficient (Wildman–Crippen LogP) is 2.92. The van der Waals surface area contributed by atoms with Crippen molar-refractivity contribution in [2.45, 2.75) is 25.1 Å². The molecule has 0 aliphatic heterocycles. The van der Waals surface area contributed by atoms with E-state index < -0.39 is 6.04 Å². The van der Waals surface area contributed by atoms with E-state index >= 15 is 0 Å². The van der Waals surface area contributed by atoms with Crippen molar-refractivity contribution in [2.75, 3.05) is 12.4 Å². The molecule has 0 radical (unpaired) electrons. The number of nitrogens with zero attached hydrogens (tertiary/aromatic N) is 1. The van der Waals surface area contributed by atoms with Gasteiger partial charge in [-0.25, -0.2) is 0 Å². The first-order chi connectivity index (χ1) is 10.2. The number of esters is 1. The number of hydrogen-bond donors (Lipinski definition) is 1. The van der Waals surface area contributed by atoms with Gasteiger partial charge in [-0.2, -0.15) is 11.8 Å². The van der Waals surface area contributed by atoms with E-state index in [2.05, 4.69) is 5.16 Å². The Labute approximate surface area is 131 Å². The average Bonchev–Trinajstić information content (AvgIpc) is 3.14. The maximum atomic E-state index is 11.4. The highest BCUT2D eigenvalue weighted by Gasteiger charge is 2.14. The minimum absolute atomic E-state index is 0.334. The van der Waals surface area contributed by atoms with Crippen molar-refractivity contribution in [1.82, 2.24) is 5.16 Å². The zero-order valence-electron chi connectivity index (χ0n) is 11.8. The first-order valence-electron chi connectivity index (χ1n) is 6.70. The van der Waals surface area contributed by atoms with E-state index in [-0.39, 0.29) is 5.97 Å². The Morgan fingerprint density at radius 3 is 3.19 bits per heavy atom. The molecule has 1 unspecified atom stereocenters. The van der Waals surface area contributed by atoms with Crippen LogP contribution in [0, 0.1) is 0 Å². The van der Waals surface area contributed by atoms with Gasteiger partial charge in [-0.15, -0.1) is 11.3 Å². The summed E-state index contributed by atoms with van der Waals surface area (Å²) in [5.74, 6) is 1.98. The van der Waals surface area contributed by atoms with Crippen LogP contribution < -0.4 is 5.73 Å². The van der Waals surface area contributed by atoms with Crippen LogP contribution >= 0.6 is 23.1 Å². The van der Waals surface area contributed by atoms with E-state index in [1.165, 1.54) is 0 Å². The van der Waals surface area contributed by atoms with Gasteiger partial charge in [-0.05, 0) is 30.5 Å². The molecule has 2 N–H and O–H groups in total. The van der Waals surface area contributed by atoms with E-state index in [0.29, 0.717) is 13.0 Å². The molecule has 0 saturated carbocycles. The van der Waals surface area contributed by atoms with Crippen molar-refractivity contribution < 1.29 is 14.1 Å². The minimum Gasteiger partial charge on any atom is -0.465 e. The molecule has 0 fully saturated rings. The lowest BCUT2D eigenvalue weighted by molar-refractivity contribution is -0.144. The summed E-state index contributed by atoms with van der Waals surface area (Å²) in [5, 5.41) is 6.04. The summed E-state index contributed by atoms with van der Waals surface area (Å²) in [6.07, 6.45) is 0.596. The molecule has 5 nitrogen and oxygen atoms in total. The Hall–Kier alpha value is -1.31. The Morgan fingerprint density at radius 1 is 1.62 bits per heavy atom. The summed E-state index contributed by atoms with van der Waals surface area (Å²) in [4.78, 5) is 12.4. The molecule has 2 heterocycles. The van der Waals surface area contributed by atoms with Crippen LogP contribution in [0.4, 0.5) is 0 Å². The van der Waals surface area contributed by atoms with Crippen LogP contribution in [0.1, 0.15) is 19.0 Å². The van der Waals surface area contributed by atoms with Gasteiger partial charge in [0.1, 0.15) is 6.04 Å². The van der Waals surface area contributed by atoms with Gasteiger partial charge in [0.25, 0.3) is 0 Å². The van der Waals surface area contributed by atoms with Gasteiger partial charge in [0.05, 0.1) is 17.2 Å². The third kappa shape index (κ3) is 4.87. The Morgan fingerprint density at radius 2 is 2.48 bits per heavy atom. The number of hydrogen-bond acceptors (Lipinski definition) is 7. The molecule has 0 spiro atoms. The summed E-state index contributed by atoms with van der Waals surface area (Å²) < 4.78 is 10.2. The molecular formula is C14H18N2O3S2. The number of carbonyl (C=O) groups excluding carboxylic acids is 1. The second-order valence-electron chi connectivity index (χ2n) is 4.36. The number of aromatic nitrogens is 1. The van der Waals surface area contributed by atoms with Crippen LogP contribution in [0.15, 0.2) is 28.1 Å². The molecule has 0 aliphatic carbocycles. The molecule has 0 bridgehead atoms. The van der Waals surface area contributed by atoms with Gasteiger partial charge in [0.2, 0.25) is 0 Å². The van der Waals surface area contributed by atoms with E-state index in [4.69, 9.17) is 15.0 Å². The fourth-order valence-electron chi connectivity index (χ4n) is 1.67. The summed E-state index contributed by atoms with van der Waals surface area (Å²) in [5.41, 5.74) is 6.63. The number of thioether (sulfide) groups is 1. The summed E-state index contributed by atoms with van der Waals surface area (Å²) in [7, 11) is 0. The highest BCUT2D eigenvalue weighted by molar-refractivity contribution is 7.98. The second-order valence-corrected chi connectivity index (χ2v) is 6.41. The lowest BCUT2D eigenvalue weighted by Crippen LogP contribution is -2.32. The highest BCUT2D eigenvalue weighted by Crippen LogP contribution is 2.26. The molecule has 7 heteroatoms. The van der Waals surface area contributed by atoms with Crippen LogP contribution in [0.25, 0.3) is 10.6 Å². The van der Waals surface area contributed by atoms with Crippen molar-refractivity contribution >= 4 is 29.1 Å². The summed E-state index contributed by atoms with van der Waals surface area (Å²) in [6, 6.07) is 5.38. The smallest absolute Gasteiger partial charge is 0.322 e. The standard InChI is InChI=1S/C14H18N2O3S2/c1-2-18-14(17)11(15)5-7-20-9-10-8-12(19-16-10)13-4-3-6-21-13/h3-4,6,8,11H,2,5,7,9,15H2,1H3. The maximum absolute atomic E-state index is 11.4. The fraction of sp³-hybridized carbons (Fsp3) is 0.429. The molecule has 2 aromatic heterocycles. The van der Waals surface area contributed by atoms with Gasteiger partial charge in [-0.1, -0.05) is 11.2 Å². The number of rotatable bonds is 8. The Kier molecular flexibility index (Phi) is 6.28. The van der Waals surface area contributed by atoms with Crippen LogP contribution in [-0.2, 0) is 15.3 Å². The molecule has 2 rings (SSSR count). The summed E-state index contributed by atoms with van der Waals surface area (Å²) in [6.45, 7) is 2.14. The number of nitrogens with two attached hydrogens (primary N) is 1. The highest BCUT2D eigenvalue weighted by atomic mass is 32.2. The Balaban J connectivity index is 1.71. The van der Waals surface area contributed by atoms with Gasteiger partial charge >= 0.3 is 5.97 Å². The lowest BCUT2D eigenvalue weighted by Gasteiger charge is -2.09. The molecule has 114 valence electrons. The predicted molar refractivity (Wildman–Crippen MR) is 85.2 cm³/mol. The molecule has 0 saturated heterocycles. The zero-order chi connectivity index (χ0) is 15.1. The molecule has 0 aliphatic rings. The molecule has 0 amide bonds. The quantitative estimate of drug-likeness (QED) is 0.593. The number of ether oxygens (including phenoxy) is 1. The molecule has 21 heavy (non-hydrogen) atoms. The minimum atomic E-state index is -0.545. The second kappa shape index (κ2) is 8.21. The van der Waals surface area contributed by atoms with Gasteiger partial charge in [0, 0.05) is 11.8 Å². The third-order valence-electron chi connectivity index (χ3n) is 2.74. The monoisotopic (exact) mass is 326 g/mol. The number of carbonyl (C=O) groups is 1. The third-order valence-corrected chi connectivity index (χ3v) is 4.64. The molecule has 1 atom stereocenters. The van der Waals surface area contributed by atoms with Crippen molar-refractivity contribution in [2.24, 2.45) is 5.73 Å². The van der Waals surface area contributed by atoms with E-state index in [0.717, 1.165) is 27.8 Å². The van der Waals surface area contributed by atoms with Crippen molar-refractivity contribution in [1.29, 1.82) is 0 Å². The van der Waals surface area contributed by atoms with Gasteiger partial charge < -0.3 is 15.0 Å². The first-order valence-corrected chi connectivity index (χ1v) is 8.73. The van der Waals surface area contributed by atoms with Crippen LogP contribution in [0.2, 0.25) is 0 Å². The normalized spacial score (nSPS) is 12.3. The van der Waals surface area contributed by atoms with E-state index in [9.17, 15) is 4.79 Å². The van der Waals surface area contributed by atoms with Crippen molar-refractivity contribution in [3.8, 4) is 10.6 Å². The van der Waals surface area contributed by atoms with Crippen LogP contribution in [0.3, 0.4) is 0 Å². The van der Waals surface area contributed by atoms with Gasteiger partial charge in [-0.3, -0.25) is 4.79 Å². The van der Waals surface area contributed by atoms with Crippen LogP contribution in [0.5, 0.6) is 0 Å². The number of thiophene rings is 1.